The molecule has 0 aliphatic carbocycles. The highest BCUT2D eigenvalue weighted by molar-refractivity contribution is 5.80. The van der Waals surface area contributed by atoms with Crippen LogP contribution < -0.4 is 5.32 Å². The number of rotatable bonds is 4. The van der Waals surface area contributed by atoms with E-state index in [9.17, 15) is 4.79 Å². The largest absolute Gasteiger partial charge is 0.355 e. The number of amides is 1. The Balaban J connectivity index is 3.46. The van der Waals surface area contributed by atoms with Crippen LogP contribution in [0.4, 0.5) is 0 Å². The number of nitrogens with one attached hydrogen (secondary N) is 1. The summed E-state index contributed by atoms with van der Waals surface area (Å²) < 4.78 is 0. The third-order valence-electron chi connectivity index (χ3n) is 1.47. The average Bonchev–Trinajstić information content (AvgIpc) is 2.03. The summed E-state index contributed by atoms with van der Waals surface area (Å²) in [6, 6.07) is 0. The van der Waals surface area contributed by atoms with Crippen LogP contribution in [0.2, 0.25) is 0 Å². The average molecular weight is 153 g/mol. The van der Waals surface area contributed by atoms with Crippen molar-refractivity contribution in [3.05, 3.63) is 0 Å². The summed E-state index contributed by atoms with van der Waals surface area (Å²) in [5.74, 6) is 2.04. The van der Waals surface area contributed by atoms with Crippen LogP contribution in [0.15, 0.2) is 0 Å². The van der Waals surface area contributed by atoms with Gasteiger partial charge in [0.05, 0.1) is 5.92 Å². The van der Waals surface area contributed by atoms with Crippen LogP contribution in [0, 0.1) is 18.3 Å². The van der Waals surface area contributed by atoms with Crippen molar-refractivity contribution in [2.45, 2.75) is 26.7 Å². The molecule has 0 heterocycles. The van der Waals surface area contributed by atoms with Gasteiger partial charge in [0.2, 0.25) is 5.91 Å². The van der Waals surface area contributed by atoms with Gasteiger partial charge in [-0.05, 0) is 13.3 Å². The van der Waals surface area contributed by atoms with Gasteiger partial charge in [-0.1, -0.05) is 19.3 Å². The highest BCUT2D eigenvalue weighted by atomic mass is 16.1. The van der Waals surface area contributed by atoms with Crippen LogP contribution in [0.25, 0.3) is 0 Å². The van der Waals surface area contributed by atoms with Gasteiger partial charge in [-0.2, -0.15) is 0 Å². The third kappa shape index (κ3) is 4.44. The van der Waals surface area contributed by atoms with E-state index in [2.05, 4.69) is 18.2 Å². The lowest BCUT2D eigenvalue weighted by Crippen LogP contribution is -2.29. The lowest BCUT2D eigenvalue weighted by molar-refractivity contribution is -0.122. The van der Waals surface area contributed by atoms with Gasteiger partial charge < -0.3 is 5.32 Å². The molecule has 0 saturated carbocycles. The summed E-state index contributed by atoms with van der Waals surface area (Å²) in [6.07, 6.45) is 7.17. The molecule has 62 valence electrons. The van der Waals surface area contributed by atoms with Crippen molar-refractivity contribution in [2.75, 3.05) is 6.54 Å². The van der Waals surface area contributed by atoms with Crippen molar-refractivity contribution in [2.24, 2.45) is 5.92 Å². The molecule has 0 aromatic heterocycles. The minimum atomic E-state index is -0.299. The van der Waals surface area contributed by atoms with Crippen molar-refractivity contribution in [1.29, 1.82) is 0 Å². The molecule has 0 aliphatic heterocycles. The summed E-state index contributed by atoms with van der Waals surface area (Å²) in [4.78, 5) is 11.0. The number of terminal acetylenes is 1. The fourth-order valence-electron chi connectivity index (χ4n) is 0.617. The standard InChI is InChI=1S/C9H15NO/c1-4-6-7-10-9(11)8(3)5-2/h2,8H,4,6-7H2,1,3H3,(H,10,11)/t8-/m1/s1. The van der Waals surface area contributed by atoms with E-state index in [1.54, 1.807) is 6.92 Å². The lowest BCUT2D eigenvalue weighted by atomic mass is 10.2. The highest BCUT2D eigenvalue weighted by Crippen LogP contribution is 1.91. The Labute approximate surface area is 68.4 Å². The Morgan fingerprint density at radius 3 is 2.82 bits per heavy atom. The fraction of sp³-hybridized carbons (Fsp3) is 0.667. The first-order valence-corrected chi connectivity index (χ1v) is 3.96. The molecule has 1 N–H and O–H groups in total. The van der Waals surface area contributed by atoms with E-state index in [-0.39, 0.29) is 11.8 Å². The minimum absolute atomic E-state index is 0.0408. The second-order valence-corrected chi connectivity index (χ2v) is 2.53. The lowest BCUT2D eigenvalue weighted by Gasteiger charge is -2.05. The summed E-state index contributed by atoms with van der Waals surface area (Å²) in [5, 5.41) is 2.75. The molecule has 0 fully saturated rings. The van der Waals surface area contributed by atoms with Crippen molar-refractivity contribution in [1.82, 2.24) is 5.32 Å². The SMILES string of the molecule is C#C[C@@H](C)C(=O)NCCCC. The Morgan fingerprint density at radius 1 is 1.73 bits per heavy atom. The first-order valence-electron chi connectivity index (χ1n) is 3.96. The number of hydrogen-bond acceptors (Lipinski definition) is 1. The molecule has 0 rings (SSSR count). The van der Waals surface area contributed by atoms with Crippen LogP contribution in [-0.2, 0) is 4.79 Å². The maximum Gasteiger partial charge on any atom is 0.234 e. The van der Waals surface area contributed by atoms with Crippen LogP contribution >= 0.6 is 0 Å². The number of carbonyl (C=O) groups excluding carboxylic acids is 1. The third-order valence-corrected chi connectivity index (χ3v) is 1.47. The van der Waals surface area contributed by atoms with Gasteiger partial charge in [-0.3, -0.25) is 4.79 Å². The van der Waals surface area contributed by atoms with Gasteiger partial charge in [-0.15, -0.1) is 6.42 Å². The molecule has 0 saturated heterocycles. The van der Waals surface area contributed by atoms with Crippen LogP contribution in [0.1, 0.15) is 26.7 Å². The molecule has 11 heavy (non-hydrogen) atoms. The summed E-state index contributed by atoms with van der Waals surface area (Å²) >= 11 is 0. The molecule has 1 atom stereocenters. The van der Waals surface area contributed by atoms with Crippen molar-refractivity contribution in [3.8, 4) is 12.3 Å². The summed E-state index contributed by atoms with van der Waals surface area (Å²) in [7, 11) is 0. The Hall–Kier alpha value is -0.970. The molecule has 0 bridgehead atoms. The molecular weight excluding hydrogens is 138 g/mol. The van der Waals surface area contributed by atoms with E-state index in [1.165, 1.54) is 0 Å². The van der Waals surface area contributed by atoms with Gasteiger partial charge in [0, 0.05) is 6.54 Å². The molecule has 0 aromatic rings. The van der Waals surface area contributed by atoms with E-state index >= 15 is 0 Å². The zero-order valence-corrected chi connectivity index (χ0v) is 7.18. The number of unbranched alkanes of at least 4 members (excludes halogenated alkanes) is 1. The second-order valence-electron chi connectivity index (χ2n) is 2.53. The molecule has 0 aliphatic rings. The van der Waals surface area contributed by atoms with Gasteiger partial charge >= 0.3 is 0 Å². The van der Waals surface area contributed by atoms with Crippen molar-refractivity contribution in [3.63, 3.8) is 0 Å². The van der Waals surface area contributed by atoms with Crippen molar-refractivity contribution >= 4 is 5.91 Å². The molecule has 2 nitrogen and oxygen atoms in total. The normalized spacial score (nSPS) is 11.7. The Morgan fingerprint density at radius 2 is 2.36 bits per heavy atom. The predicted octanol–water partition coefficient (Wildman–Crippen LogP) is 1.17. The molecular formula is C9H15NO. The van der Waals surface area contributed by atoms with E-state index in [4.69, 9.17) is 6.42 Å². The van der Waals surface area contributed by atoms with Gasteiger partial charge in [-0.25, -0.2) is 0 Å². The van der Waals surface area contributed by atoms with Crippen LogP contribution in [0.5, 0.6) is 0 Å². The van der Waals surface area contributed by atoms with Crippen molar-refractivity contribution < 1.29 is 4.79 Å². The molecule has 0 radical (unpaired) electrons. The predicted molar refractivity (Wildman–Crippen MR) is 45.9 cm³/mol. The van der Waals surface area contributed by atoms with E-state index in [0.29, 0.717) is 0 Å². The molecule has 0 spiro atoms. The Kier molecular flexibility index (Phi) is 5.28. The van der Waals surface area contributed by atoms with Gasteiger partial charge in [0.15, 0.2) is 0 Å². The first-order chi connectivity index (χ1) is 5.22. The zero-order valence-electron chi connectivity index (χ0n) is 7.18. The minimum Gasteiger partial charge on any atom is -0.355 e. The first kappa shape index (κ1) is 10.0. The van der Waals surface area contributed by atoms with Crippen LogP contribution in [0.3, 0.4) is 0 Å². The second kappa shape index (κ2) is 5.79. The van der Waals surface area contributed by atoms with E-state index < -0.39 is 0 Å². The van der Waals surface area contributed by atoms with Crippen LogP contribution in [-0.4, -0.2) is 12.5 Å². The monoisotopic (exact) mass is 153 g/mol. The Bertz CT molecular complexity index is 157. The van der Waals surface area contributed by atoms with Gasteiger partial charge in [0.1, 0.15) is 0 Å². The van der Waals surface area contributed by atoms with Gasteiger partial charge in [0.25, 0.3) is 0 Å². The van der Waals surface area contributed by atoms with E-state index in [1.807, 2.05) is 0 Å². The molecule has 0 unspecified atom stereocenters. The topological polar surface area (TPSA) is 29.1 Å². The number of hydrogen-bond donors (Lipinski definition) is 1. The molecule has 2 heteroatoms. The quantitative estimate of drug-likeness (QED) is 0.477. The van der Waals surface area contributed by atoms with E-state index in [0.717, 1.165) is 19.4 Å². The fourth-order valence-corrected chi connectivity index (χ4v) is 0.617. The number of carbonyl (C=O) groups is 1. The molecule has 1 amide bonds. The maximum absolute atomic E-state index is 11.0. The zero-order chi connectivity index (χ0) is 8.69. The highest BCUT2D eigenvalue weighted by Gasteiger charge is 2.06. The maximum atomic E-state index is 11.0. The smallest absolute Gasteiger partial charge is 0.234 e. The summed E-state index contributed by atoms with van der Waals surface area (Å²) in [5.41, 5.74) is 0. The molecule has 0 aromatic carbocycles. The summed E-state index contributed by atoms with van der Waals surface area (Å²) in [6.45, 7) is 4.54.